The number of aromatic amines is 1. The first-order chi connectivity index (χ1) is 4.86. The smallest absolute Gasteiger partial charge is 0.194 e. The zero-order valence-electron chi connectivity index (χ0n) is 5.57. The van der Waals surface area contributed by atoms with E-state index in [0.717, 1.165) is 12.1 Å². The minimum Gasteiger partial charge on any atom is -0.341 e. The van der Waals surface area contributed by atoms with E-state index in [1.54, 1.807) is 6.20 Å². The molecule has 0 aliphatic rings. The van der Waals surface area contributed by atoms with Gasteiger partial charge in [0.2, 0.25) is 0 Å². The zero-order chi connectivity index (χ0) is 7.40. The molecule has 10 heavy (non-hydrogen) atoms. The van der Waals surface area contributed by atoms with E-state index < -0.39 is 0 Å². The summed E-state index contributed by atoms with van der Waals surface area (Å²) >= 11 is 0. The van der Waals surface area contributed by atoms with Crippen molar-refractivity contribution in [2.24, 2.45) is 5.11 Å². The lowest BCUT2D eigenvalue weighted by Crippen LogP contribution is -1.74. The molecule has 0 unspecified atom stereocenters. The maximum absolute atomic E-state index is 8.00. The van der Waals surface area contributed by atoms with Gasteiger partial charge >= 0.3 is 0 Å². The highest BCUT2D eigenvalue weighted by Crippen LogP contribution is 2.05. The van der Waals surface area contributed by atoms with E-state index in [0.29, 0.717) is 5.95 Å². The quantitative estimate of drug-likeness (QED) is 0.377. The maximum atomic E-state index is 8.00. The first-order valence-electron chi connectivity index (χ1n) is 2.95. The molecule has 1 aromatic rings. The highest BCUT2D eigenvalue weighted by atomic mass is 15.2. The molecular weight excluding hydrogens is 130 g/mol. The zero-order valence-corrected chi connectivity index (χ0v) is 5.57. The van der Waals surface area contributed by atoms with Crippen LogP contribution in [0.3, 0.4) is 0 Å². The minimum absolute atomic E-state index is 0.333. The van der Waals surface area contributed by atoms with Crippen LogP contribution in [0.15, 0.2) is 11.3 Å². The lowest BCUT2D eigenvalue weighted by atomic mass is 10.4. The van der Waals surface area contributed by atoms with Gasteiger partial charge in [0.1, 0.15) is 0 Å². The standard InChI is InChI=1S/C5H7N5/c1-2-4-3-7-5(8-4)9-10-6/h3H,2H2,1H3,(H,7,8). The summed E-state index contributed by atoms with van der Waals surface area (Å²) in [5.41, 5.74) is 8.97. The summed E-state index contributed by atoms with van der Waals surface area (Å²) in [6, 6.07) is 0. The fraction of sp³-hybridized carbons (Fsp3) is 0.400. The van der Waals surface area contributed by atoms with Gasteiger partial charge in [-0.2, -0.15) is 0 Å². The van der Waals surface area contributed by atoms with Crippen molar-refractivity contribution in [3.63, 3.8) is 0 Å². The first-order valence-corrected chi connectivity index (χ1v) is 2.95. The molecule has 52 valence electrons. The number of H-pyrrole nitrogens is 1. The number of aromatic nitrogens is 2. The number of azide groups is 1. The van der Waals surface area contributed by atoms with Crippen LogP contribution in [0.4, 0.5) is 5.95 Å². The highest BCUT2D eigenvalue weighted by molar-refractivity contribution is 5.17. The maximum Gasteiger partial charge on any atom is 0.194 e. The molecule has 1 aromatic heterocycles. The van der Waals surface area contributed by atoms with Crippen LogP contribution in [0.1, 0.15) is 12.6 Å². The molecule has 0 aliphatic carbocycles. The highest BCUT2D eigenvalue weighted by Gasteiger charge is 1.92. The van der Waals surface area contributed by atoms with Crippen molar-refractivity contribution in [3.05, 3.63) is 22.3 Å². The van der Waals surface area contributed by atoms with Crippen LogP contribution in [-0.2, 0) is 6.42 Å². The van der Waals surface area contributed by atoms with E-state index in [9.17, 15) is 0 Å². The van der Waals surface area contributed by atoms with Gasteiger partial charge < -0.3 is 4.98 Å². The van der Waals surface area contributed by atoms with Gasteiger partial charge in [-0.05, 0) is 17.1 Å². The molecule has 0 atom stereocenters. The third kappa shape index (κ3) is 1.27. The summed E-state index contributed by atoms with van der Waals surface area (Å²) in [5, 5.41) is 3.29. The molecule has 1 heterocycles. The summed E-state index contributed by atoms with van der Waals surface area (Å²) < 4.78 is 0. The summed E-state index contributed by atoms with van der Waals surface area (Å²) in [5.74, 6) is 0.333. The molecule has 0 bridgehead atoms. The molecule has 0 amide bonds. The number of aryl methyl sites for hydroxylation is 1. The van der Waals surface area contributed by atoms with Gasteiger partial charge in [-0.3, -0.25) is 0 Å². The fourth-order valence-electron chi connectivity index (χ4n) is 0.620. The van der Waals surface area contributed by atoms with E-state index >= 15 is 0 Å². The third-order valence-corrected chi connectivity index (χ3v) is 1.14. The lowest BCUT2D eigenvalue weighted by Gasteiger charge is -1.82. The molecule has 0 saturated carbocycles. The van der Waals surface area contributed by atoms with Gasteiger partial charge in [0.25, 0.3) is 0 Å². The molecule has 1 N–H and O–H groups in total. The van der Waals surface area contributed by atoms with E-state index in [1.165, 1.54) is 0 Å². The van der Waals surface area contributed by atoms with Crippen LogP contribution >= 0.6 is 0 Å². The van der Waals surface area contributed by atoms with Gasteiger partial charge in [-0.15, -0.1) is 0 Å². The van der Waals surface area contributed by atoms with Gasteiger partial charge in [0, 0.05) is 16.8 Å². The number of nitrogens with one attached hydrogen (secondary N) is 1. The monoisotopic (exact) mass is 137 g/mol. The molecule has 0 aromatic carbocycles. The SMILES string of the molecule is CCc1cnc(N=[N+]=[N-])[nH]1. The Hall–Kier alpha value is -1.48. The fourth-order valence-corrected chi connectivity index (χ4v) is 0.620. The number of rotatable bonds is 2. The summed E-state index contributed by atoms with van der Waals surface area (Å²) in [4.78, 5) is 9.22. The van der Waals surface area contributed by atoms with Gasteiger partial charge in [-0.1, -0.05) is 6.92 Å². The Bertz CT molecular complexity index is 257. The summed E-state index contributed by atoms with van der Waals surface area (Å²) in [6.45, 7) is 1.99. The predicted octanol–water partition coefficient (Wildman–Crippen LogP) is 1.91. The topological polar surface area (TPSA) is 77.4 Å². The number of hydrogen-bond donors (Lipinski definition) is 1. The Morgan fingerprint density at radius 3 is 3.20 bits per heavy atom. The van der Waals surface area contributed by atoms with E-state index in [1.807, 2.05) is 6.92 Å². The third-order valence-electron chi connectivity index (χ3n) is 1.14. The van der Waals surface area contributed by atoms with Crippen LogP contribution in [0, 0.1) is 0 Å². The Labute approximate surface area is 57.7 Å². The van der Waals surface area contributed by atoms with Crippen molar-refractivity contribution in [3.8, 4) is 0 Å². The number of nitrogens with zero attached hydrogens (tertiary/aromatic N) is 4. The van der Waals surface area contributed by atoms with Crippen molar-refractivity contribution in [2.45, 2.75) is 13.3 Å². The van der Waals surface area contributed by atoms with Gasteiger partial charge in [-0.25, -0.2) is 4.98 Å². The molecule has 0 radical (unpaired) electrons. The van der Waals surface area contributed by atoms with Crippen molar-refractivity contribution < 1.29 is 0 Å². The Kier molecular flexibility index (Phi) is 1.92. The summed E-state index contributed by atoms with van der Waals surface area (Å²) in [7, 11) is 0. The van der Waals surface area contributed by atoms with Gasteiger partial charge in [0.15, 0.2) is 5.95 Å². The number of hydrogen-bond acceptors (Lipinski definition) is 2. The molecule has 0 spiro atoms. The normalized spacial score (nSPS) is 8.90. The van der Waals surface area contributed by atoms with Crippen LogP contribution in [-0.4, -0.2) is 9.97 Å². The van der Waals surface area contributed by atoms with Gasteiger partial charge in [0.05, 0.1) is 0 Å². The second-order valence-corrected chi connectivity index (χ2v) is 1.78. The first kappa shape index (κ1) is 6.64. The average molecular weight is 137 g/mol. The Morgan fingerprint density at radius 2 is 2.70 bits per heavy atom. The number of imidazole rings is 1. The minimum atomic E-state index is 0.333. The molecule has 0 aliphatic heterocycles. The molecular formula is C5H7N5. The van der Waals surface area contributed by atoms with Crippen molar-refractivity contribution in [1.82, 2.24) is 9.97 Å². The molecule has 1 rings (SSSR count). The Morgan fingerprint density at radius 1 is 1.90 bits per heavy atom. The lowest BCUT2D eigenvalue weighted by molar-refractivity contribution is 1.06. The van der Waals surface area contributed by atoms with Crippen LogP contribution in [0.5, 0.6) is 0 Å². The molecule has 5 heteroatoms. The molecule has 5 nitrogen and oxygen atoms in total. The van der Waals surface area contributed by atoms with E-state index in [4.69, 9.17) is 5.53 Å². The second kappa shape index (κ2) is 2.89. The van der Waals surface area contributed by atoms with E-state index in [2.05, 4.69) is 20.0 Å². The van der Waals surface area contributed by atoms with E-state index in [-0.39, 0.29) is 0 Å². The molecule has 0 saturated heterocycles. The predicted molar refractivity (Wildman–Crippen MR) is 36.8 cm³/mol. The average Bonchev–Trinajstić information content (AvgIpc) is 2.37. The van der Waals surface area contributed by atoms with Crippen molar-refractivity contribution in [1.29, 1.82) is 0 Å². The van der Waals surface area contributed by atoms with Crippen LogP contribution in [0.2, 0.25) is 0 Å². The largest absolute Gasteiger partial charge is 0.341 e. The molecule has 0 fully saturated rings. The Balaban J connectivity index is 2.87. The second-order valence-electron chi connectivity index (χ2n) is 1.78. The van der Waals surface area contributed by atoms with Crippen LogP contribution in [0.25, 0.3) is 10.4 Å². The van der Waals surface area contributed by atoms with Crippen LogP contribution < -0.4 is 0 Å². The summed E-state index contributed by atoms with van der Waals surface area (Å²) in [6.07, 6.45) is 2.53. The van der Waals surface area contributed by atoms with Crippen molar-refractivity contribution in [2.75, 3.05) is 0 Å². The van der Waals surface area contributed by atoms with Crippen molar-refractivity contribution >= 4 is 5.95 Å².